The third-order valence-electron chi connectivity index (χ3n) is 10.4. The number of carbonyl (C=O) groups excluding carboxylic acids is 2. The highest BCUT2D eigenvalue weighted by atomic mass is 32.1. The molecule has 2 amide bonds. The Hall–Kier alpha value is -5.72. The van der Waals surface area contributed by atoms with Crippen molar-refractivity contribution >= 4 is 72.4 Å². The number of nitro groups is 2. The van der Waals surface area contributed by atoms with E-state index in [0.29, 0.717) is 65.7 Å². The second-order valence-electron chi connectivity index (χ2n) is 15.2. The highest BCUT2D eigenvalue weighted by Crippen LogP contribution is 2.43. The van der Waals surface area contributed by atoms with Crippen LogP contribution in [-0.2, 0) is 19.1 Å². The minimum absolute atomic E-state index is 0.135. The molecule has 4 rings (SSSR count). The van der Waals surface area contributed by atoms with Crippen molar-refractivity contribution in [2.75, 3.05) is 48.9 Å². The van der Waals surface area contributed by atoms with Crippen LogP contribution in [0.25, 0.3) is 10.8 Å². The molecule has 0 aliphatic heterocycles. The van der Waals surface area contributed by atoms with Crippen LogP contribution in [0.15, 0.2) is 64.8 Å². The summed E-state index contributed by atoms with van der Waals surface area (Å²) in [5, 5.41) is 37.4. The molecule has 2 N–H and O–H groups in total. The van der Waals surface area contributed by atoms with E-state index < -0.39 is 27.0 Å². The number of anilines is 3. The van der Waals surface area contributed by atoms with E-state index in [-0.39, 0.29) is 34.8 Å². The van der Waals surface area contributed by atoms with Gasteiger partial charge in [-0.25, -0.2) is 0 Å². The molecule has 0 fully saturated rings. The Labute approximate surface area is 379 Å². The average Bonchev–Trinajstić information content (AvgIpc) is 3.72. The second kappa shape index (κ2) is 27.5. The number of hydrogen-bond donors (Lipinski definition) is 2. The summed E-state index contributed by atoms with van der Waals surface area (Å²) in [7, 11) is 1.48. The highest BCUT2D eigenvalue weighted by Gasteiger charge is 2.26. The van der Waals surface area contributed by atoms with Gasteiger partial charge in [0.25, 0.3) is 0 Å². The monoisotopic (exact) mass is 905 g/mol. The molecule has 348 valence electrons. The summed E-state index contributed by atoms with van der Waals surface area (Å²) in [6.45, 7) is 7.89. The molecule has 0 spiro atoms. The number of ether oxygens (including phenoxy) is 4. The van der Waals surface area contributed by atoms with E-state index in [1.165, 1.54) is 78.2 Å². The number of nitrogens with zero attached hydrogens (tertiary/aromatic N) is 5. The number of rotatable bonds is 31. The van der Waals surface area contributed by atoms with E-state index in [1.807, 2.05) is 43.0 Å². The zero-order chi connectivity index (χ0) is 46.3. The summed E-state index contributed by atoms with van der Waals surface area (Å²) in [5.41, 5.74) is 1.06. The molecular weight excluding hydrogens is 843 g/mol. The number of amides is 2. The number of thiophene rings is 1. The van der Waals surface area contributed by atoms with Crippen LogP contribution in [0.3, 0.4) is 0 Å². The normalized spacial score (nSPS) is 11.8. The molecule has 0 saturated carbocycles. The maximum atomic E-state index is 13.4. The zero-order valence-electron chi connectivity index (χ0n) is 37.7. The fraction of sp³-hybridized carbons (Fsp3) is 0.522. The highest BCUT2D eigenvalue weighted by molar-refractivity contribution is 7.19. The quantitative estimate of drug-likeness (QED) is 0.0159. The first-order valence-electron chi connectivity index (χ1n) is 22.3. The molecule has 0 bridgehead atoms. The minimum Gasteiger partial charge on any atom is -0.491 e. The van der Waals surface area contributed by atoms with Gasteiger partial charge in [0.05, 0.1) is 34.4 Å². The van der Waals surface area contributed by atoms with Crippen molar-refractivity contribution in [3.63, 3.8) is 0 Å². The smallest absolute Gasteiger partial charge is 0.333 e. The number of nitrogens with one attached hydrogen (secondary N) is 2. The van der Waals surface area contributed by atoms with E-state index >= 15 is 0 Å². The van der Waals surface area contributed by atoms with Crippen LogP contribution in [-0.4, -0.2) is 61.6 Å². The molecule has 1 atom stereocenters. The Bertz CT molecular complexity index is 2160. The van der Waals surface area contributed by atoms with Gasteiger partial charge in [-0.05, 0) is 49.8 Å². The Kier molecular flexibility index (Phi) is 21.9. The fourth-order valence-electron chi connectivity index (χ4n) is 7.14. The van der Waals surface area contributed by atoms with Crippen LogP contribution in [0.1, 0.15) is 118 Å². The van der Waals surface area contributed by atoms with Crippen molar-refractivity contribution in [1.82, 2.24) is 0 Å². The van der Waals surface area contributed by atoms with Crippen molar-refractivity contribution in [3.8, 4) is 11.5 Å². The first-order valence-corrected chi connectivity index (χ1v) is 23.1. The van der Waals surface area contributed by atoms with E-state index in [4.69, 9.17) is 18.9 Å². The summed E-state index contributed by atoms with van der Waals surface area (Å²) in [6, 6.07) is 15.2. The molecule has 1 aromatic heterocycles. The maximum Gasteiger partial charge on any atom is 0.333 e. The molecule has 1 unspecified atom stereocenters. The summed E-state index contributed by atoms with van der Waals surface area (Å²) >= 11 is 0.523. The van der Waals surface area contributed by atoms with Crippen molar-refractivity contribution < 1.29 is 38.4 Å². The fourth-order valence-corrected chi connectivity index (χ4v) is 7.90. The first-order chi connectivity index (χ1) is 31.0. The summed E-state index contributed by atoms with van der Waals surface area (Å²) in [4.78, 5) is 48.9. The van der Waals surface area contributed by atoms with Gasteiger partial charge < -0.3 is 34.5 Å². The number of azo groups is 1. The predicted molar refractivity (Wildman–Crippen MR) is 252 cm³/mol. The number of fused-ring (bicyclic) bond motifs is 1. The van der Waals surface area contributed by atoms with Crippen LogP contribution >= 0.6 is 11.3 Å². The Morgan fingerprint density at radius 3 is 2.05 bits per heavy atom. The molecule has 3 aromatic carbocycles. The lowest BCUT2D eigenvalue weighted by Crippen LogP contribution is -2.28. The average molecular weight is 906 g/mol. The number of hydrogen-bond acceptors (Lipinski definition) is 14. The number of benzene rings is 3. The van der Waals surface area contributed by atoms with Gasteiger partial charge in [-0.1, -0.05) is 108 Å². The standard InChI is InChI=1S/C46H63N7O10S/c1-6-9-10-11-12-13-14-15-16-17-18-19-20-25-42(55)48-39-31-41(35-23-21-22-24-36(35)44(39)63-46(60-5)61-8-3)62-29-28-51(7-2)34-26-27-37(38(30-34)47-33(4)54)49-50-45-40(52(56)57)32-43(64-45)53(58)59/h21-24,26-27,30-32,46H,6-20,25,28-29H2,1-5H3,(H,47,54)(H,48,55). The summed E-state index contributed by atoms with van der Waals surface area (Å²) < 4.78 is 23.8. The predicted octanol–water partition coefficient (Wildman–Crippen LogP) is 12.8. The second-order valence-corrected chi connectivity index (χ2v) is 16.2. The topological polar surface area (TPSA) is 209 Å². The molecular formula is C46H63N7O10S. The third kappa shape index (κ3) is 16.1. The maximum absolute atomic E-state index is 13.4. The lowest BCUT2D eigenvalue weighted by Gasteiger charge is -2.25. The van der Waals surface area contributed by atoms with Crippen LogP contribution in [0, 0.1) is 20.2 Å². The molecule has 0 radical (unpaired) electrons. The largest absolute Gasteiger partial charge is 0.491 e. The molecule has 0 saturated heterocycles. The zero-order valence-corrected chi connectivity index (χ0v) is 38.5. The van der Waals surface area contributed by atoms with Crippen LogP contribution < -0.4 is 25.0 Å². The van der Waals surface area contributed by atoms with Crippen molar-refractivity contribution in [1.29, 1.82) is 0 Å². The van der Waals surface area contributed by atoms with Crippen molar-refractivity contribution in [3.05, 3.63) is 74.8 Å². The molecule has 4 aromatic rings. The van der Waals surface area contributed by atoms with E-state index in [9.17, 15) is 29.8 Å². The first kappa shape index (κ1) is 50.9. The van der Waals surface area contributed by atoms with Gasteiger partial charge in [0.1, 0.15) is 24.1 Å². The minimum atomic E-state index is -1.01. The third-order valence-corrected chi connectivity index (χ3v) is 11.4. The number of unbranched alkanes of at least 4 members (excludes halogenated alkanes) is 12. The van der Waals surface area contributed by atoms with Crippen LogP contribution in [0.2, 0.25) is 0 Å². The summed E-state index contributed by atoms with van der Waals surface area (Å²) in [6.07, 6.45) is 16.2. The summed E-state index contributed by atoms with van der Waals surface area (Å²) in [5.74, 6) is 0.400. The lowest BCUT2D eigenvalue weighted by atomic mass is 10.0. The van der Waals surface area contributed by atoms with Crippen molar-refractivity contribution in [2.45, 2.75) is 124 Å². The van der Waals surface area contributed by atoms with E-state index in [2.05, 4.69) is 27.8 Å². The Morgan fingerprint density at radius 2 is 1.45 bits per heavy atom. The number of carbonyl (C=O) groups is 2. The van der Waals surface area contributed by atoms with E-state index in [1.54, 1.807) is 24.3 Å². The van der Waals surface area contributed by atoms with Gasteiger partial charge in [-0.2, -0.15) is 0 Å². The molecule has 0 aliphatic carbocycles. The van der Waals surface area contributed by atoms with Gasteiger partial charge in [0.15, 0.2) is 5.75 Å². The molecule has 17 nitrogen and oxygen atoms in total. The molecule has 18 heteroatoms. The van der Waals surface area contributed by atoms with Gasteiger partial charge >= 0.3 is 17.2 Å². The van der Waals surface area contributed by atoms with Crippen molar-refractivity contribution in [2.24, 2.45) is 10.2 Å². The number of likely N-dealkylation sites (N-methyl/N-ethyl adjacent to an activating group) is 1. The molecule has 0 aliphatic rings. The van der Waals surface area contributed by atoms with Gasteiger partial charge in [0.2, 0.25) is 16.8 Å². The van der Waals surface area contributed by atoms with E-state index in [0.717, 1.165) is 30.7 Å². The van der Waals surface area contributed by atoms with Gasteiger partial charge in [0, 0.05) is 49.5 Å². The SMILES string of the molecule is CCCCCCCCCCCCCCCC(=O)Nc1cc(OCCN(CC)c2ccc(N=Nc3sc([N+](=O)[O-])cc3[N+](=O)[O-])c(NC(C)=O)c2)c2ccccc2c1OC(OC)OCC. The van der Waals surface area contributed by atoms with Crippen LogP contribution in [0.4, 0.5) is 38.4 Å². The molecule has 1 heterocycles. The lowest BCUT2D eigenvalue weighted by molar-refractivity contribution is -0.389. The number of methoxy groups -OCH3 is 1. The van der Waals surface area contributed by atoms with Gasteiger partial charge in [-0.15, -0.1) is 10.2 Å². The van der Waals surface area contributed by atoms with Crippen LogP contribution in [0.5, 0.6) is 11.5 Å². The van der Waals surface area contributed by atoms with Gasteiger partial charge in [-0.3, -0.25) is 29.8 Å². The Morgan fingerprint density at radius 1 is 0.797 bits per heavy atom. The Balaban J connectivity index is 1.46. The molecule has 64 heavy (non-hydrogen) atoms.